The van der Waals surface area contributed by atoms with Gasteiger partial charge in [0, 0.05) is 13.2 Å². The molecule has 0 unspecified atom stereocenters. The predicted octanol–water partition coefficient (Wildman–Crippen LogP) is 0.977. The number of rotatable bonds is 4. The molecule has 2 heterocycles. The number of aromatic amines is 1. The normalized spacial score (nSPS) is 20.4. The molecule has 0 bridgehead atoms. The Bertz CT molecular complexity index is 770. The standard InChI is InChI=1S/C15H17FN4O3/c1-20-8-10(7-18-20)23-13-4-2-3-12(13)19-15(22)11-5-9(16)6-17-14(11)21/h5-8,12-13H,2-4H2,1H3,(H,17,21)(H,19,22)/t12-,13+/m0/s1. The van der Waals surface area contributed by atoms with Crippen molar-refractivity contribution in [2.24, 2.45) is 7.05 Å². The highest BCUT2D eigenvalue weighted by Crippen LogP contribution is 2.24. The smallest absolute Gasteiger partial charge is 0.260 e. The van der Waals surface area contributed by atoms with Crippen LogP contribution in [0.15, 0.2) is 29.5 Å². The molecule has 1 fully saturated rings. The second-order valence-electron chi connectivity index (χ2n) is 5.58. The van der Waals surface area contributed by atoms with Gasteiger partial charge in [0.25, 0.3) is 11.5 Å². The first-order valence-electron chi connectivity index (χ1n) is 7.37. The molecular formula is C15H17FN4O3. The van der Waals surface area contributed by atoms with E-state index >= 15 is 0 Å². The van der Waals surface area contributed by atoms with Crippen molar-refractivity contribution in [2.45, 2.75) is 31.4 Å². The van der Waals surface area contributed by atoms with Crippen molar-refractivity contribution in [3.05, 3.63) is 46.4 Å². The van der Waals surface area contributed by atoms with Crippen molar-refractivity contribution in [1.82, 2.24) is 20.1 Å². The monoisotopic (exact) mass is 320 g/mol. The van der Waals surface area contributed by atoms with Crippen LogP contribution in [0.3, 0.4) is 0 Å². The highest BCUT2D eigenvalue weighted by atomic mass is 19.1. The van der Waals surface area contributed by atoms with Crippen LogP contribution in [0, 0.1) is 5.82 Å². The fourth-order valence-corrected chi connectivity index (χ4v) is 2.74. The molecule has 0 aliphatic heterocycles. The van der Waals surface area contributed by atoms with Gasteiger partial charge in [0.05, 0.1) is 18.4 Å². The highest BCUT2D eigenvalue weighted by molar-refractivity contribution is 5.94. The van der Waals surface area contributed by atoms with Crippen molar-refractivity contribution in [3.8, 4) is 5.75 Å². The van der Waals surface area contributed by atoms with Gasteiger partial charge in [-0.05, 0) is 25.3 Å². The van der Waals surface area contributed by atoms with E-state index < -0.39 is 17.3 Å². The Hall–Kier alpha value is -2.64. The molecule has 1 amide bonds. The van der Waals surface area contributed by atoms with Crippen LogP contribution in [0.4, 0.5) is 4.39 Å². The lowest BCUT2D eigenvalue weighted by atomic mass is 10.2. The Morgan fingerprint density at radius 2 is 2.35 bits per heavy atom. The summed E-state index contributed by atoms with van der Waals surface area (Å²) in [5.41, 5.74) is -0.858. The molecule has 2 aromatic rings. The second-order valence-corrected chi connectivity index (χ2v) is 5.58. The average molecular weight is 320 g/mol. The molecule has 1 aliphatic carbocycles. The number of carbonyl (C=O) groups is 1. The number of hydrogen-bond donors (Lipinski definition) is 2. The number of H-pyrrole nitrogens is 1. The molecule has 2 aromatic heterocycles. The third-order valence-corrected chi connectivity index (χ3v) is 3.85. The number of nitrogens with zero attached hydrogens (tertiary/aromatic N) is 2. The molecule has 23 heavy (non-hydrogen) atoms. The lowest BCUT2D eigenvalue weighted by molar-refractivity contribution is 0.0892. The summed E-state index contributed by atoms with van der Waals surface area (Å²) in [6.45, 7) is 0. The van der Waals surface area contributed by atoms with Crippen molar-refractivity contribution in [3.63, 3.8) is 0 Å². The van der Waals surface area contributed by atoms with Crippen molar-refractivity contribution < 1.29 is 13.9 Å². The summed E-state index contributed by atoms with van der Waals surface area (Å²) in [5, 5.41) is 6.79. The molecule has 122 valence electrons. The van der Waals surface area contributed by atoms with Crippen LogP contribution in [0.1, 0.15) is 29.6 Å². The first kappa shape index (κ1) is 15.3. The van der Waals surface area contributed by atoms with Crippen LogP contribution >= 0.6 is 0 Å². The number of pyridine rings is 1. The lowest BCUT2D eigenvalue weighted by Crippen LogP contribution is -2.43. The summed E-state index contributed by atoms with van der Waals surface area (Å²) in [5.74, 6) is -0.635. The van der Waals surface area contributed by atoms with Crippen molar-refractivity contribution in [2.75, 3.05) is 0 Å². The van der Waals surface area contributed by atoms with Gasteiger partial charge in [0.1, 0.15) is 17.5 Å². The van der Waals surface area contributed by atoms with Gasteiger partial charge in [-0.3, -0.25) is 14.3 Å². The Labute approximate surface area is 131 Å². The molecule has 8 heteroatoms. The third kappa shape index (κ3) is 3.41. The Morgan fingerprint density at radius 3 is 3.09 bits per heavy atom. The number of aromatic nitrogens is 3. The third-order valence-electron chi connectivity index (χ3n) is 3.85. The largest absolute Gasteiger partial charge is 0.485 e. The molecule has 2 atom stereocenters. The van der Waals surface area contributed by atoms with E-state index in [1.165, 1.54) is 0 Å². The minimum atomic E-state index is -0.663. The van der Waals surface area contributed by atoms with Crippen LogP contribution in [0.25, 0.3) is 0 Å². The lowest BCUT2D eigenvalue weighted by Gasteiger charge is -2.21. The molecule has 1 saturated carbocycles. The van der Waals surface area contributed by atoms with E-state index in [0.717, 1.165) is 31.5 Å². The van der Waals surface area contributed by atoms with E-state index in [2.05, 4.69) is 15.4 Å². The molecule has 0 saturated heterocycles. The van der Waals surface area contributed by atoms with Gasteiger partial charge < -0.3 is 15.0 Å². The fourth-order valence-electron chi connectivity index (χ4n) is 2.74. The van der Waals surface area contributed by atoms with Crippen molar-refractivity contribution >= 4 is 5.91 Å². The zero-order valence-electron chi connectivity index (χ0n) is 12.6. The van der Waals surface area contributed by atoms with Crippen molar-refractivity contribution in [1.29, 1.82) is 0 Å². The second kappa shape index (κ2) is 6.23. The number of carbonyl (C=O) groups excluding carboxylic acids is 1. The van der Waals surface area contributed by atoms with Crippen LogP contribution in [0.2, 0.25) is 0 Å². The van der Waals surface area contributed by atoms with Gasteiger partial charge in [0.15, 0.2) is 5.75 Å². The molecule has 2 N–H and O–H groups in total. The summed E-state index contributed by atoms with van der Waals surface area (Å²) < 4.78 is 20.7. The zero-order valence-corrected chi connectivity index (χ0v) is 12.6. The van der Waals surface area contributed by atoms with E-state index in [4.69, 9.17) is 4.74 Å². The maximum Gasteiger partial charge on any atom is 0.260 e. The number of nitrogens with one attached hydrogen (secondary N) is 2. The number of hydrogen-bond acceptors (Lipinski definition) is 4. The quantitative estimate of drug-likeness (QED) is 0.879. The minimum Gasteiger partial charge on any atom is -0.485 e. The molecular weight excluding hydrogens is 303 g/mol. The van der Waals surface area contributed by atoms with Crippen LogP contribution in [-0.2, 0) is 7.05 Å². The van der Waals surface area contributed by atoms with E-state index in [0.29, 0.717) is 5.75 Å². The van der Waals surface area contributed by atoms with Gasteiger partial charge in [0.2, 0.25) is 0 Å². The SMILES string of the molecule is Cn1cc(O[C@@H]2CCC[C@@H]2NC(=O)c2cc(F)c[nH]c2=O)cn1. The predicted molar refractivity (Wildman–Crippen MR) is 79.7 cm³/mol. The summed E-state index contributed by atoms with van der Waals surface area (Å²) >= 11 is 0. The van der Waals surface area contributed by atoms with E-state index in [-0.39, 0.29) is 17.7 Å². The van der Waals surface area contributed by atoms with Gasteiger partial charge in [-0.15, -0.1) is 0 Å². The molecule has 0 spiro atoms. The Balaban J connectivity index is 1.69. The molecule has 0 radical (unpaired) electrons. The summed E-state index contributed by atoms with van der Waals surface area (Å²) in [6, 6.07) is 0.700. The van der Waals surface area contributed by atoms with Crippen LogP contribution in [0.5, 0.6) is 5.75 Å². The maximum atomic E-state index is 13.2. The molecule has 3 rings (SSSR count). The summed E-state index contributed by atoms with van der Waals surface area (Å²) in [6.07, 6.45) is 6.50. The topological polar surface area (TPSA) is 89.0 Å². The fraction of sp³-hybridized carbons (Fsp3) is 0.400. The Kier molecular flexibility index (Phi) is 4.14. The minimum absolute atomic E-state index is 0.198. The molecule has 1 aliphatic rings. The van der Waals surface area contributed by atoms with E-state index in [9.17, 15) is 14.0 Å². The molecule has 0 aromatic carbocycles. The average Bonchev–Trinajstić information content (AvgIpc) is 3.11. The highest BCUT2D eigenvalue weighted by Gasteiger charge is 2.31. The number of halogens is 1. The van der Waals surface area contributed by atoms with Gasteiger partial charge in [-0.2, -0.15) is 5.10 Å². The van der Waals surface area contributed by atoms with E-state index in [1.807, 2.05) is 0 Å². The number of aryl methyl sites for hydroxylation is 1. The van der Waals surface area contributed by atoms with Gasteiger partial charge >= 0.3 is 0 Å². The Morgan fingerprint density at radius 1 is 1.52 bits per heavy atom. The molecule has 7 nitrogen and oxygen atoms in total. The first-order valence-corrected chi connectivity index (χ1v) is 7.37. The van der Waals surface area contributed by atoms with E-state index in [1.54, 1.807) is 24.1 Å². The van der Waals surface area contributed by atoms with Crippen LogP contribution in [-0.4, -0.2) is 32.8 Å². The first-order chi connectivity index (χ1) is 11.0. The number of ether oxygens (including phenoxy) is 1. The maximum absolute atomic E-state index is 13.2. The van der Waals surface area contributed by atoms with Gasteiger partial charge in [-0.1, -0.05) is 0 Å². The summed E-state index contributed by atoms with van der Waals surface area (Å²) in [7, 11) is 1.79. The summed E-state index contributed by atoms with van der Waals surface area (Å²) in [4.78, 5) is 26.0. The number of amides is 1. The van der Waals surface area contributed by atoms with Gasteiger partial charge in [-0.25, -0.2) is 4.39 Å². The zero-order chi connectivity index (χ0) is 16.4. The van der Waals surface area contributed by atoms with Crippen LogP contribution < -0.4 is 15.6 Å².